The molecule has 2 aliphatic carbocycles. The highest BCUT2D eigenvalue weighted by Crippen LogP contribution is 2.62. The number of hydrogen-bond donors (Lipinski definition) is 0. The zero-order chi connectivity index (χ0) is 10.5. The van der Waals surface area contributed by atoms with E-state index in [4.69, 9.17) is 11.6 Å². The highest BCUT2D eigenvalue weighted by Gasteiger charge is 2.54. The van der Waals surface area contributed by atoms with E-state index in [1.807, 2.05) is 0 Å². The van der Waals surface area contributed by atoms with E-state index in [-0.39, 0.29) is 0 Å². The molecule has 2 saturated carbocycles. The standard InChI is InChI=1S/C11H16ClN3/c1-2-9-13-14-10(12)15(9)7-11(5-6-11)8-3-4-8/h8H,2-7H2,1H3. The number of rotatable bonds is 4. The van der Waals surface area contributed by atoms with Gasteiger partial charge >= 0.3 is 0 Å². The normalized spacial score (nSPS) is 23.1. The Balaban J connectivity index is 1.83. The Bertz CT molecular complexity index is 377. The van der Waals surface area contributed by atoms with Crippen molar-refractivity contribution in [2.24, 2.45) is 11.3 Å². The first-order valence-corrected chi connectivity index (χ1v) is 6.20. The van der Waals surface area contributed by atoms with Crippen LogP contribution in [0.15, 0.2) is 0 Å². The highest BCUT2D eigenvalue weighted by atomic mass is 35.5. The molecule has 0 bridgehead atoms. The van der Waals surface area contributed by atoms with E-state index < -0.39 is 0 Å². The van der Waals surface area contributed by atoms with Gasteiger partial charge in [0.05, 0.1) is 0 Å². The van der Waals surface area contributed by atoms with Gasteiger partial charge in [0, 0.05) is 13.0 Å². The molecule has 0 aliphatic heterocycles. The molecule has 1 heterocycles. The molecule has 15 heavy (non-hydrogen) atoms. The maximum atomic E-state index is 6.07. The average molecular weight is 226 g/mol. The van der Waals surface area contributed by atoms with E-state index in [0.29, 0.717) is 10.7 Å². The van der Waals surface area contributed by atoms with Gasteiger partial charge in [-0.3, -0.25) is 0 Å². The summed E-state index contributed by atoms with van der Waals surface area (Å²) in [5.74, 6) is 1.99. The second-order valence-electron chi connectivity index (χ2n) is 4.96. The Morgan fingerprint density at radius 3 is 2.67 bits per heavy atom. The van der Waals surface area contributed by atoms with E-state index >= 15 is 0 Å². The van der Waals surface area contributed by atoms with Crippen molar-refractivity contribution in [3.63, 3.8) is 0 Å². The average Bonchev–Trinajstić information content (AvgIpc) is 3.10. The van der Waals surface area contributed by atoms with Crippen molar-refractivity contribution < 1.29 is 0 Å². The molecule has 82 valence electrons. The first-order chi connectivity index (χ1) is 7.25. The lowest BCUT2D eigenvalue weighted by atomic mass is 10.0. The van der Waals surface area contributed by atoms with Gasteiger partial charge in [0.25, 0.3) is 0 Å². The van der Waals surface area contributed by atoms with Gasteiger partial charge in [-0.15, -0.1) is 10.2 Å². The number of hydrogen-bond acceptors (Lipinski definition) is 2. The molecular weight excluding hydrogens is 210 g/mol. The minimum absolute atomic E-state index is 0.565. The van der Waals surface area contributed by atoms with Gasteiger partial charge in [-0.05, 0) is 48.6 Å². The first kappa shape index (κ1) is 9.64. The van der Waals surface area contributed by atoms with Crippen LogP contribution in [-0.4, -0.2) is 14.8 Å². The zero-order valence-electron chi connectivity index (χ0n) is 9.04. The molecule has 0 spiro atoms. The molecule has 0 atom stereocenters. The molecule has 3 nitrogen and oxygen atoms in total. The second-order valence-corrected chi connectivity index (χ2v) is 5.30. The highest BCUT2D eigenvalue weighted by molar-refractivity contribution is 6.28. The van der Waals surface area contributed by atoms with Crippen LogP contribution in [0.2, 0.25) is 5.28 Å². The molecule has 0 unspecified atom stereocenters. The Morgan fingerprint density at radius 1 is 1.40 bits per heavy atom. The molecule has 2 aliphatic rings. The van der Waals surface area contributed by atoms with Gasteiger partial charge in [-0.25, -0.2) is 0 Å². The number of aromatic nitrogens is 3. The van der Waals surface area contributed by atoms with Crippen molar-refractivity contribution in [3.8, 4) is 0 Å². The minimum Gasteiger partial charge on any atom is -0.301 e. The predicted octanol–water partition coefficient (Wildman–Crippen LogP) is 2.68. The maximum absolute atomic E-state index is 6.07. The topological polar surface area (TPSA) is 30.7 Å². The van der Waals surface area contributed by atoms with Crippen molar-refractivity contribution in [2.75, 3.05) is 0 Å². The summed E-state index contributed by atoms with van der Waals surface area (Å²) >= 11 is 6.07. The Morgan fingerprint density at radius 2 is 2.13 bits per heavy atom. The third-order valence-electron chi connectivity index (χ3n) is 3.91. The number of nitrogens with zero attached hydrogens (tertiary/aromatic N) is 3. The summed E-state index contributed by atoms with van der Waals surface area (Å²) in [6, 6.07) is 0. The van der Waals surface area contributed by atoms with E-state index in [2.05, 4.69) is 21.7 Å². The third kappa shape index (κ3) is 1.57. The Hall–Kier alpha value is -0.570. The molecule has 0 aromatic carbocycles. The summed E-state index contributed by atoms with van der Waals surface area (Å²) in [7, 11) is 0. The van der Waals surface area contributed by atoms with E-state index in [1.165, 1.54) is 25.7 Å². The summed E-state index contributed by atoms with van der Waals surface area (Å²) in [5, 5.41) is 8.63. The SMILES string of the molecule is CCc1nnc(Cl)n1CC1(C2CC2)CC1. The minimum atomic E-state index is 0.565. The van der Waals surface area contributed by atoms with E-state index in [0.717, 1.165) is 24.7 Å². The van der Waals surface area contributed by atoms with Crippen molar-refractivity contribution in [2.45, 2.75) is 45.6 Å². The van der Waals surface area contributed by atoms with Crippen LogP contribution in [0.1, 0.15) is 38.4 Å². The van der Waals surface area contributed by atoms with Crippen LogP contribution in [-0.2, 0) is 13.0 Å². The third-order valence-corrected chi connectivity index (χ3v) is 4.19. The van der Waals surface area contributed by atoms with Crippen molar-refractivity contribution in [1.82, 2.24) is 14.8 Å². The Labute approximate surface area is 94.8 Å². The molecular formula is C11H16ClN3. The summed E-state index contributed by atoms with van der Waals surface area (Å²) in [5.41, 5.74) is 0.565. The lowest BCUT2D eigenvalue weighted by Crippen LogP contribution is -2.16. The molecule has 0 saturated heterocycles. The summed E-state index contributed by atoms with van der Waals surface area (Å²) in [6.07, 6.45) is 6.49. The van der Waals surface area contributed by atoms with Crippen molar-refractivity contribution in [1.29, 1.82) is 0 Å². The summed E-state index contributed by atoms with van der Waals surface area (Å²) < 4.78 is 2.12. The van der Waals surface area contributed by atoms with Crippen molar-refractivity contribution in [3.05, 3.63) is 11.1 Å². The second kappa shape index (κ2) is 3.21. The molecule has 1 aromatic heterocycles. The molecule has 0 amide bonds. The lowest BCUT2D eigenvalue weighted by Gasteiger charge is -2.16. The van der Waals surface area contributed by atoms with Crippen LogP contribution < -0.4 is 0 Å². The van der Waals surface area contributed by atoms with Gasteiger partial charge in [0.2, 0.25) is 5.28 Å². The van der Waals surface area contributed by atoms with Crippen LogP contribution >= 0.6 is 11.6 Å². The van der Waals surface area contributed by atoms with Gasteiger partial charge in [0.1, 0.15) is 5.82 Å². The number of aryl methyl sites for hydroxylation is 1. The fourth-order valence-electron chi connectivity index (χ4n) is 2.60. The molecule has 4 heteroatoms. The van der Waals surface area contributed by atoms with Crippen LogP contribution in [0.25, 0.3) is 0 Å². The van der Waals surface area contributed by atoms with Crippen LogP contribution in [0.5, 0.6) is 0 Å². The van der Waals surface area contributed by atoms with Crippen LogP contribution in [0, 0.1) is 11.3 Å². The van der Waals surface area contributed by atoms with Gasteiger partial charge in [-0.2, -0.15) is 0 Å². The largest absolute Gasteiger partial charge is 0.301 e. The zero-order valence-corrected chi connectivity index (χ0v) is 9.80. The van der Waals surface area contributed by atoms with Gasteiger partial charge in [-0.1, -0.05) is 6.92 Å². The molecule has 0 N–H and O–H groups in total. The monoisotopic (exact) mass is 225 g/mol. The fourth-order valence-corrected chi connectivity index (χ4v) is 2.79. The predicted molar refractivity (Wildman–Crippen MR) is 58.8 cm³/mol. The van der Waals surface area contributed by atoms with Gasteiger partial charge in [0.15, 0.2) is 0 Å². The molecule has 0 radical (unpaired) electrons. The van der Waals surface area contributed by atoms with E-state index in [1.54, 1.807) is 0 Å². The molecule has 1 aromatic rings. The lowest BCUT2D eigenvalue weighted by molar-refractivity contribution is 0.364. The Kier molecular flexibility index (Phi) is 2.06. The van der Waals surface area contributed by atoms with Gasteiger partial charge < -0.3 is 4.57 Å². The van der Waals surface area contributed by atoms with Crippen LogP contribution in [0.3, 0.4) is 0 Å². The molecule has 2 fully saturated rings. The summed E-state index contributed by atoms with van der Waals surface area (Å²) in [6.45, 7) is 3.15. The van der Waals surface area contributed by atoms with E-state index in [9.17, 15) is 0 Å². The number of halogens is 1. The maximum Gasteiger partial charge on any atom is 0.225 e. The quantitative estimate of drug-likeness (QED) is 0.789. The molecule has 3 rings (SSSR count). The first-order valence-electron chi connectivity index (χ1n) is 5.83. The van der Waals surface area contributed by atoms with Crippen LogP contribution in [0.4, 0.5) is 0 Å². The summed E-state index contributed by atoms with van der Waals surface area (Å²) in [4.78, 5) is 0. The fraction of sp³-hybridized carbons (Fsp3) is 0.818. The van der Waals surface area contributed by atoms with Crippen molar-refractivity contribution >= 4 is 11.6 Å². The smallest absolute Gasteiger partial charge is 0.225 e.